The fourth-order valence-corrected chi connectivity index (χ4v) is 3.40. The summed E-state index contributed by atoms with van der Waals surface area (Å²) < 4.78 is 19.0. The Morgan fingerprint density at radius 2 is 2.24 bits per heavy atom. The molecule has 4 nitrogen and oxygen atoms in total. The van der Waals surface area contributed by atoms with Crippen LogP contribution in [-0.2, 0) is 10.2 Å². The van der Waals surface area contributed by atoms with Crippen molar-refractivity contribution in [3.63, 3.8) is 0 Å². The van der Waals surface area contributed by atoms with Crippen molar-refractivity contribution in [2.75, 3.05) is 39.9 Å². The molecule has 25 heavy (non-hydrogen) atoms. The second-order valence-corrected chi connectivity index (χ2v) is 7.07. The fourth-order valence-electron chi connectivity index (χ4n) is 3.40. The number of hydrogen-bond donors (Lipinski definition) is 1. The Hall–Kier alpha value is -0.890. The van der Waals surface area contributed by atoms with Crippen LogP contribution in [0.25, 0.3) is 0 Å². The van der Waals surface area contributed by atoms with Crippen LogP contribution < -0.4 is 5.32 Å². The van der Waals surface area contributed by atoms with Crippen molar-refractivity contribution in [1.29, 1.82) is 0 Å². The predicted octanol–water partition coefficient (Wildman–Crippen LogP) is 3.41. The third kappa shape index (κ3) is 5.29. The van der Waals surface area contributed by atoms with Gasteiger partial charge in [0.05, 0.1) is 13.2 Å². The Morgan fingerprint density at radius 3 is 2.84 bits per heavy atom. The first-order chi connectivity index (χ1) is 11.6. The van der Waals surface area contributed by atoms with Gasteiger partial charge in [-0.15, -0.1) is 24.0 Å². The van der Waals surface area contributed by atoms with Crippen LogP contribution in [-0.4, -0.2) is 50.8 Å². The van der Waals surface area contributed by atoms with Crippen molar-refractivity contribution in [1.82, 2.24) is 10.2 Å². The molecule has 1 aliphatic carbocycles. The van der Waals surface area contributed by atoms with Crippen molar-refractivity contribution >= 4 is 29.9 Å². The topological polar surface area (TPSA) is 36.9 Å². The van der Waals surface area contributed by atoms with E-state index in [9.17, 15) is 4.39 Å². The minimum atomic E-state index is -0.159. The third-order valence-corrected chi connectivity index (χ3v) is 5.07. The molecule has 1 aliphatic heterocycles. The fraction of sp³-hybridized carbons (Fsp3) is 0.632. The molecule has 1 N–H and O–H groups in total. The highest BCUT2D eigenvalue weighted by molar-refractivity contribution is 14.0. The molecular formula is C19H29FIN3O. The van der Waals surface area contributed by atoms with Crippen molar-refractivity contribution in [2.24, 2.45) is 10.9 Å². The molecule has 1 aromatic rings. The first-order valence-corrected chi connectivity index (χ1v) is 8.96. The summed E-state index contributed by atoms with van der Waals surface area (Å²) in [4.78, 5) is 7.06. The minimum Gasteiger partial charge on any atom is -0.381 e. The number of hydrogen-bond acceptors (Lipinski definition) is 2. The highest BCUT2D eigenvalue weighted by Gasteiger charge is 2.44. The van der Waals surface area contributed by atoms with Crippen LogP contribution in [0.4, 0.5) is 4.39 Å². The summed E-state index contributed by atoms with van der Waals surface area (Å²) in [6, 6.07) is 6.99. The summed E-state index contributed by atoms with van der Waals surface area (Å²) in [7, 11) is 2.08. The van der Waals surface area contributed by atoms with E-state index in [0.29, 0.717) is 12.5 Å². The summed E-state index contributed by atoms with van der Waals surface area (Å²) in [6.07, 6.45) is 3.29. The molecule has 0 radical (unpaired) electrons. The average molecular weight is 461 g/mol. The standard InChI is InChI=1S/C19H28FN3O.HI/c1-3-21-18(23(2)12-15-7-10-24-13-15)22-14-19(8-9-19)16-5-4-6-17(20)11-16;/h4-6,11,15H,3,7-10,12-14H2,1-2H3,(H,21,22);1H. The molecule has 1 atom stereocenters. The first kappa shape index (κ1) is 20.4. The second kappa shape index (κ2) is 9.16. The predicted molar refractivity (Wildman–Crippen MR) is 110 cm³/mol. The minimum absolute atomic E-state index is 0. The van der Waals surface area contributed by atoms with Crippen molar-refractivity contribution in [2.45, 2.75) is 31.6 Å². The molecule has 1 heterocycles. The molecule has 2 aliphatic rings. The van der Waals surface area contributed by atoms with Crippen LogP contribution in [0.1, 0.15) is 31.7 Å². The molecule has 140 valence electrons. The van der Waals surface area contributed by atoms with Gasteiger partial charge in [-0.1, -0.05) is 12.1 Å². The zero-order chi connectivity index (χ0) is 17.0. The van der Waals surface area contributed by atoms with Gasteiger partial charge in [0.1, 0.15) is 5.82 Å². The van der Waals surface area contributed by atoms with E-state index in [1.165, 1.54) is 6.07 Å². The number of benzene rings is 1. The number of guanidine groups is 1. The van der Waals surface area contributed by atoms with Crippen LogP contribution >= 0.6 is 24.0 Å². The molecule has 1 unspecified atom stereocenters. The lowest BCUT2D eigenvalue weighted by molar-refractivity contribution is 0.181. The lowest BCUT2D eigenvalue weighted by Gasteiger charge is -2.25. The summed E-state index contributed by atoms with van der Waals surface area (Å²) in [5, 5.41) is 3.38. The largest absolute Gasteiger partial charge is 0.381 e. The van der Waals surface area contributed by atoms with Crippen LogP contribution in [0.5, 0.6) is 0 Å². The molecule has 1 saturated heterocycles. The molecule has 3 rings (SSSR count). The smallest absolute Gasteiger partial charge is 0.193 e. The van der Waals surface area contributed by atoms with Crippen molar-refractivity contribution < 1.29 is 9.13 Å². The monoisotopic (exact) mass is 461 g/mol. The maximum atomic E-state index is 13.5. The van der Waals surface area contributed by atoms with E-state index in [1.807, 2.05) is 6.07 Å². The Morgan fingerprint density at radius 1 is 1.44 bits per heavy atom. The van der Waals surface area contributed by atoms with E-state index in [4.69, 9.17) is 9.73 Å². The van der Waals surface area contributed by atoms with Gasteiger partial charge in [-0.25, -0.2) is 4.39 Å². The molecule has 0 amide bonds. The van der Waals surface area contributed by atoms with Gasteiger partial charge in [-0.05, 0) is 43.9 Å². The van der Waals surface area contributed by atoms with Gasteiger partial charge in [0.15, 0.2) is 5.96 Å². The molecule has 1 saturated carbocycles. The lowest BCUT2D eigenvalue weighted by atomic mass is 9.96. The first-order valence-electron chi connectivity index (χ1n) is 8.96. The van der Waals surface area contributed by atoms with Crippen LogP contribution in [0.2, 0.25) is 0 Å². The van der Waals surface area contributed by atoms with E-state index in [-0.39, 0.29) is 35.2 Å². The highest BCUT2D eigenvalue weighted by atomic mass is 127. The molecule has 0 spiro atoms. The Kier molecular flexibility index (Phi) is 7.49. The van der Waals surface area contributed by atoms with Gasteiger partial charge in [-0.2, -0.15) is 0 Å². The van der Waals surface area contributed by atoms with E-state index in [2.05, 4.69) is 24.2 Å². The molecule has 6 heteroatoms. The number of ether oxygens (including phenoxy) is 1. The third-order valence-electron chi connectivity index (χ3n) is 5.07. The maximum Gasteiger partial charge on any atom is 0.193 e. The molecule has 0 aromatic heterocycles. The Labute approximate surface area is 167 Å². The number of halogens is 2. The van der Waals surface area contributed by atoms with E-state index < -0.39 is 0 Å². The molecule has 1 aromatic carbocycles. The Balaban J connectivity index is 0.00000225. The van der Waals surface area contributed by atoms with Crippen LogP contribution in [0.3, 0.4) is 0 Å². The summed E-state index contributed by atoms with van der Waals surface area (Å²) in [5.74, 6) is 1.36. The molecule has 2 fully saturated rings. The van der Waals surface area contributed by atoms with Crippen LogP contribution in [0.15, 0.2) is 29.3 Å². The average Bonchev–Trinajstić information content (AvgIpc) is 3.20. The van der Waals surface area contributed by atoms with Gasteiger partial charge >= 0.3 is 0 Å². The van der Waals surface area contributed by atoms with Gasteiger partial charge in [0, 0.05) is 38.1 Å². The van der Waals surface area contributed by atoms with E-state index in [1.54, 1.807) is 12.1 Å². The van der Waals surface area contributed by atoms with Gasteiger partial charge in [0.25, 0.3) is 0 Å². The van der Waals surface area contributed by atoms with Crippen LogP contribution in [0, 0.1) is 11.7 Å². The quantitative estimate of drug-likeness (QED) is 0.401. The second-order valence-electron chi connectivity index (χ2n) is 7.07. The Bertz CT molecular complexity index is 586. The summed E-state index contributed by atoms with van der Waals surface area (Å²) >= 11 is 0. The van der Waals surface area contributed by atoms with Gasteiger partial charge < -0.3 is 15.0 Å². The number of nitrogens with one attached hydrogen (secondary N) is 1. The van der Waals surface area contributed by atoms with Crippen molar-refractivity contribution in [3.05, 3.63) is 35.6 Å². The van der Waals surface area contributed by atoms with Gasteiger partial charge in [0.2, 0.25) is 0 Å². The maximum absolute atomic E-state index is 13.5. The SMILES string of the molecule is CCNC(=NCC1(c2cccc(F)c2)CC1)N(C)CC1CCOC1.I. The van der Waals surface area contributed by atoms with E-state index in [0.717, 1.165) is 57.1 Å². The number of rotatable bonds is 6. The normalized spacial score (nSPS) is 21.6. The highest BCUT2D eigenvalue weighted by Crippen LogP contribution is 2.48. The lowest BCUT2D eigenvalue weighted by Crippen LogP contribution is -2.42. The number of aliphatic imine (C=N–C) groups is 1. The van der Waals surface area contributed by atoms with E-state index >= 15 is 0 Å². The van der Waals surface area contributed by atoms with Crippen molar-refractivity contribution in [3.8, 4) is 0 Å². The molecular weight excluding hydrogens is 432 g/mol. The zero-order valence-corrected chi connectivity index (χ0v) is 17.5. The summed E-state index contributed by atoms with van der Waals surface area (Å²) in [5.41, 5.74) is 1.11. The number of nitrogens with zero attached hydrogens (tertiary/aromatic N) is 2. The summed E-state index contributed by atoms with van der Waals surface area (Å²) in [6.45, 7) is 6.31. The zero-order valence-electron chi connectivity index (χ0n) is 15.1. The molecule has 0 bridgehead atoms. The van der Waals surface area contributed by atoms with Gasteiger partial charge in [-0.3, -0.25) is 4.99 Å².